The summed E-state index contributed by atoms with van der Waals surface area (Å²) in [7, 11) is 3.72. The molecule has 4 saturated carbocycles. The van der Waals surface area contributed by atoms with Gasteiger partial charge in [-0.1, -0.05) is 78.1 Å². The van der Waals surface area contributed by atoms with Gasteiger partial charge in [-0.15, -0.1) is 0 Å². The van der Waals surface area contributed by atoms with Crippen LogP contribution >= 0.6 is 0 Å². The van der Waals surface area contributed by atoms with E-state index in [2.05, 4.69) is 13.8 Å². The Kier molecular flexibility index (Phi) is 13.0. The van der Waals surface area contributed by atoms with E-state index in [1.807, 2.05) is 28.4 Å². The first kappa shape index (κ1) is 30.8. The average Bonchev–Trinajstić information content (AvgIpc) is 2.93. The lowest BCUT2D eigenvalue weighted by Gasteiger charge is -2.44. The molecule has 0 aliphatic heterocycles. The second kappa shape index (κ2) is 15.2. The summed E-state index contributed by atoms with van der Waals surface area (Å²) in [6.45, 7) is 4.79. The van der Waals surface area contributed by atoms with Crippen molar-refractivity contribution in [3.63, 3.8) is 0 Å². The highest BCUT2D eigenvalue weighted by molar-refractivity contribution is 6.71. The molecule has 6 heteroatoms. The van der Waals surface area contributed by atoms with Crippen molar-refractivity contribution in [3.05, 3.63) is 0 Å². The molecule has 2 unspecified atom stereocenters. The predicted octanol–water partition coefficient (Wildman–Crippen LogP) is 9.27. The van der Waals surface area contributed by atoms with E-state index in [1.165, 1.54) is 116 Å². The van der Waals surface area contributed by atoms with Crippen LogP contribution in [0.4, 0.5) is 0 Å². The maximum Gasteiger partial charge on any atom is 0.344 e. The van der Waals surface area contributed by atoms with Gasteiger partial charge in [-0.2, -0.15) is 0 Å². The van der Waals surface area contributed by atoms with Gasteiger partial charge in [-0.3, -0.25) is 0 Å². The molecule has 36 heavy (non-hydrogen) atoms. The van der Waals surface area contributed by atoms with Crippen LogP contribution in [0.1, 0.15) is 129 Å². The first-order valence-corrected chi connectivity index (χ1v) is 19.6. The van der Waals surface area contributed by atoms with E-state index in [0.29, 0.717) is 0 Å². The Labute approximate surface area is 226 Å². The van der Waals surface area contributed by atoms with Gasteiger partial charge in [-0.05, 0) is 63.2 Å². The molecule has 0 N–H and O–H groups in total. The Morgan fingerprint density at radius 2 is 0.778 bits per heavy atom. The molecule has 212 valence electrons. The Balaban J connectivity index is 0.000000201. The molecule has 4 aliphatic rings. The van der Waals surface area contributed by atoms with Gasteiger partial charge >= 0.3 is 17.1 Å². The molecule has 0 heterocycles. The van der Waals surface area contributed by atoms with Gasteiger partial charge in [-0.25, -0.2) is 0 Å². The molecular formula is C30H60O4Si2. The Morgan fingerprint density at radius 1 is 0.389 bits per heavy atom. The van der Waals surface area contributed by atoms with Gasteiger partial charge in [0, 0.05) is 50.6 Å². The standard InChI is InChI=1S/2C15H30O2Si/c1-13-8-7-11-15(12-13)18(16-2,17-3)14-9-5-4-6-10-14;1-13-9-11-15(12-10-13)18(16-2,17-3)14-7-5-4-6-8-14/h2*13-15H,4-12H2,1-3H3. The molecule has 4 fully saturated rings. The van der Waals surface area contributed by atoms with E-state index in [4.69, 9.17) is 17.7 Å². The van der Waals surface area contributed by atoms with Crippen LogP contribution in [0.2, 0.25) is 22.2 Å². The maximum atomic E-state index is 6.13. The van der Waals surface area contributed by atoms with Crippen molar-refractivity contribution in [2.45, 2.75) is 152 Å². The zero-order valence-corrected chi connectivity index (χ0v) is 26.8. The van der Waals surface area contributed by atoms with Crippen LogP contribution in [0.25, 0.3) is 0 Å². The summed E-state index contributed by atoms with van der Waals surface area (Å²) >= 11 is 0. The van der Waals surface area contributed by atoms with Crippen LogP contribution in [0.15, 0.2) is 0 Å². The minimum absolute atomic E-state index is 0.736. The molecule has 0 aromatic heterocycles. The van der Waals surface area contributed by atoms with Gasteiger partial charge in [0.2, 0.25) is 0 Å². The lowest BCUT2D eigenvalue weighted by molar-refractivity contribution is 0.185. The van der Waals surface area contributed by atoms with Crippen molar-refractivity contribution >= 4 is 17.1 Å². The molecule has 0 bridgehead atoms. The zero-order valence-electron chi connectivity index (χ0n) is 24.8. The van der Waals surface area contributed by atoms with Crippen LogP contribution < -0.4 is 0 Å². The first-order chi connectivity index (χ1) is 17.5. The number of rotatable bonds is 8. The quantitative estimate of drug-likeness (QED) is 0.287. The zero-order chi connectivity index (χ0) is 26.0. The molecule has 0 saturated heterocycles. The fourth-order valence-corrected chi connectivity index (χ4v) is 17.9. The highest BCUT2D eigenvalue weighted by Crippen LogP contribution is 2.50. The smallest absolute Gasteiger partial charge is 0.344 e. The number of hydrogen-bond acceptors (Lipinski definition) is 4. The summed E-state index contributed by atoms with van der Waals surface area (Å²) in [5.74, 6) is 1.78. The lowest BCUT2D eigenvalue weighted by Crippen LogP contribution is -2.51. The topological polar surface area (TPSA) is 36.9 Å². The van der Waals surface area contributed by atoms with Crippen molar-refractivity contribution in [1.29, 1.82) is 0 Å². The minimum atomic E-state index is -1.98. The molecule has 0 amide bonds. The van der Waals surface area contributed by atoms with Crippen molar-refractivity contribution in [1.82, 2.24) is 0 Å². The van der Waals surface area contributed by atoms with Crippen LogP contribution in [-0.4, -0.2) is 45.6 Å². The second-order valence-corrected chi connectivity index (χ2v) is 20.6. The summed E-state index contributed by atoms with van der Waals surface area (Å²) in [6, 6.07) is 0. The minimum Gasteiger partial charge on any atom is -0.397 e. The molecule has 2 atom stereocenters. The summed E-state index contributed by atoms with van der Waals surface area (Å²) < 4.78 is 24.5. The normalized spacial score (nSPS) is 31.5. The van der Waals surface area contributed by atoms with Crippen LogP contribution in [-0.2, 0) is 17.7 Å². The molecule has 4 rings (SSSR count). The van der Waals surface area contributed by atoms with Crippen molar-refractivity contribution in [3.8, 4) is 0 Å². The largest absolute Gasteiger partial charge is 0.397 e. The third-order valence-electron chi connectivity index (χ3n) is 10.7. The van der Waals surface area contributed by atoms with Crippen molar-refractivity contribution in [2.24, 2.45) is 11.8 Å². The monoisotopic (exact) mass is 540 g/mol. The molecule has 0 radical (unpaired) electrons. The first-order valence-electron chi connectivity index (χ1n) is 15.7. The fraction of sp³-hybridized carbons (Fsp3) is 1.00. The molecular weight excluding hydrogens is 480 g/mol. The van der Waals surface area contributed by atoms with Crippen molar-refractivity contribution < 1.29 is 17.7 Å². The van der Waals surface area contributed by atoms with Gasteiger partial charge in [0.1, 0.15) is 0 Å². The van der Waals surface area contributed by atoms with Gasteiger partial charge < -0.3 is 17.7 Å². The average molecular weight is 541 g/mol. The summed E-state index contributed by atoms with van der Waals surface area (Å²) in [5.41, 5.74) is 2.97. The highest BCUT2D eigenvalue weighted by Gasteiger charge is 2.52. The molecule has 0 spiro atoms. The molecule has 4 nitrogen and oxygen atoms in total. The molecule has 0 aromatic rings. The van der Waals surface area contributed by atoms with Crippen LogP contribution in [0.3, 0.4) is 0 Å². The van der Waals surface area contributed by atoms with E-state index in [1.54, 1.807) is 0 Å². The fourth-order valence-electron chi connectivity index (χ4n) is 8.64. The van der Waals surface area contributed by atoms with Crippen LogP contribution in [0, 0.1) is 11.8 Å². The lowest BCUT2D eigenvalue weighted by atomic mass is 9.90. The van der Waals surface area contributed by atoms with Gasteiger partial charge in [0.15, 0.2) is 0 Å². The van der Waals surface area contributed by atoms with E-state index >= 15 is 0 Å². The third kappa shape index (κ3) is 7.26. The Hall–Kier alpha value is 0.274. The second-order valence-electron chi connectivity index (χ2n) is 12.9. The Bertz CT molecular complexity index is 590. The van der Waals surface area contributed by atoms with Gasteiger partial charge in [0.25, 0.3) is 0 Å². The molecule has 4 aliphatic carbocycles. The van der Waals surface area contributed by atoms with Crippen LogP contribution in [0.5, 0.6) is 0 Å². The maximum absolute atomic E-state index is 6.13. The van der Waals surface area contributed by atoms with Gasteiger partial charge in [0.05, 0.1) is 0 Å². The van der Waals surface area contributed by atoms with Crippen molar-refractivity contribution in [2.75, 3.05) is 28.4 Å². The summed E-state index contributed by atoms with van der Waals surface area (Å²) in [4.78, 5) is 0. The predicted molar refractivity (Wildman–Crippen MR) is 156 cm³/mol. The Morgan fingerprint density at radius 3 is 1.19 bits per heavy atom. The summed E-state index contributed by atoms with van der Waals surface area (Å²) in [6.07, 6.45) is 24.6. The summed E-state index contributed by atoms with van der Waals surface area (Å²) in [5, 5.41) is 0. The third-order valence-corrected chi connectivity index (χ3v) is 20.1. The van der Waals surface area contributed by atoms with E-state index < -0.39 is 17.1 Å². The van der Waals surface area contributed by atoms with E-state index in [9.17, 15) is 0 Å². The number of hydrogen-bond donors (Lipinski definition) is 0. The highest BCUT2D eigenvalue weighted by atomic mass is 28.4. The van der Waals surface area contributed by atoms with E-state index in [-0.39, 0.29) is 0 Å². The molecule has 0 aromatic carbocycles. The SMILES string of the molecule is CO[Si](OC)(C1CCCCC1)C1CCC(C)CC1.CO[Si](OC)(C1CCCCC1)C1CCCC(C)C1. The van der Waals surface area contributed by atoms with E-state index in [0.717, 1.165) is 34.0 Å².